The highest BCUT2D eigenvalue weighted by Crippen LogP contribution is 2.38. The average Bonchev–Trinajstić information content (AvgIpc) is 3.77. The third-order valence-electron chi connectivity index (χ3n) is 9.55. The predicted molar refractivity (Wildman–Crippen MR) is 204 cm³/mol. The van der Waals surface area contributed by atoms with Crippen molar-refractivity contribution in [2.45, 2.75) is 0 Å². The fraction of sp³-hybridized carbons (Fsp3) is 0. The maximum atomic E-state index is 6.33. The highest BCUT2D eigenvalue weighted by molar-refractivity contribution is 6.10. The van der Waals surface area contributed by atoms with Crippen LogP contribution in [0.5, 0.6) is 0 Å². The van der Waals surface area contributed by atoms with Crippen molar-refractivity contribution in [3.63, 3.8) is 0 Å². The van der Waals surface area contributed by atoms with Crippen LogP contribution in [0.2, 0.25) is 0 Å². The molecule has 0 amide bonds. The molecular formula is C46H28N2O2. The topological polar surface area (TPSA) is 52.1 Å². The number of rotatable bonds is 5. The molecule has 0 atom stereocenters. The zero-order valence-electron chi connectivity index (χ0n) is 26.9. The molecule has 50 heavy (non-hydrogen) atoms. The highest BCUT2D eigenvalue weighted by atomic mass is 16.3. The number of hydrogen-bond donors (Lipinski definition) is 0. The molecule has 0 N–H and O–H groups in total. The summed E-state index contributed by atoms with van der Waals surface area (Å²) >= 11 is 0. The van der Waals surface area contributed by atoms with Crippen LogP contribution in [0.15, 0.2) is 179 Å². The summed E-state index contributed by atoms with van der Waals surface area (Å²) in [5.74, 6) is 0.685. The van der Waals surface area contributed by atoms with Gasteiger partial charge < -0.3 is 8.83 Å². The largest absolute Gasteiger partial charge is 0.455 e. The first-order chi connectivity index (χ1) is 24.8. The van der Waals surface area contributed by atoms with Gasteiger partial charge in [0.1, 0.15) is 22.3 Å². The Balaban J connectivity index is 1.04. The number of aromatic nitrogens is 2. The third kappa shape index (κ3) is 4.69. The van der Waals surface area contributed by atoms with Crippen molar-refractivity contribution in [3.05, 3.63) is 170 Å². The van der Waals surface area contributed by atoms with Crippen LogP contribution < -0.4 is 0 Å². The quantitative estimate of drug-likeness (QED) is 0.188. The van der Waals surface area contributed by atoms with Crippen LogP contribution in [0.1, 0.15) is 0 Å². The number of hydrogen-bond acceptors (Lipinski definition) is 4. The molecule has 0 unspecified atom stereocenters. The van der Waals surface area contributed by atoms with Crippen LogP contribution in [-0.4, -0.2) is 9.97 Å². The van der Waals surface area contributed by atoms with Gasteiger partial charge in [-0.2, -0.15) is 0 Å². The van der Waals surface area contributed by atoms with Crippen LogP contribution in [-0.2, 0) is 0 Å². The summed E-state index contributed by atoms with van der Waals surface area (Å²) in [6, 6.07) is 58.4. The predicted octanol–water partition coefficient (Wildman–Crippen LogP) is 12.6. The van der Waals surface area contributed by atoms with Crippen LogP contribution in [0.3, 0.4) is 0 Å². The van der Waals surface area contributed by atoms with E-state index in [1.165, 1.54) is 0 Å². The molecule has 0 radical (unpaired) electrons. The Labute approximate surface area is 287 Å². The summed E-state index contributed by atoms with van der Waals surface area (Å²) in [4.78, 5) is 10.1. The molecule has 0 spiro atoms. The number of fused-ring (bicyclic) bond motifs is 6. The molecule has 3 aromatic heterocycles. The first-order valence-electron chi connectivity index (χ1n) is 16.7. The molecule has 0 aliphatic heterocycles. The SMILES string of the molecule is c1ccc(-c2nc(-c3ccc(-c4cccc5c4oc4ccccc45)cc3)cc(-c3ccc(-c4cccc5c4oc4ccccc45)cc3)n2)cc1. The second-order valence-corrected chi connectivity index (χ2v) is 12.5. The Bertz CT molecular complexity index is 2670. The van der Waals surface area contributed by atoms with Crippen molar-refractivity contribution in [2.24, 2.45) is 0 Å². The zero-order valence-corrected chi connectivity index (χ0v) is 26.9. The van der Waals surface area contributed by atoms with Crippen molar-refractivity contribution in [1.82, 2.24) is 9.97 Å². The summed E-state index contributed by atoms with van der Waals surface area (Å²) in [6.07, 6.45) is 0. The van der Waals surface area contributed by atoms with Gasteiger partial charge >= 0.3 is 0 Å². The summed E-state index contributed by atoms with van der Waals surface area (Å²) < 4.78 is 12.7. The molecule has 10 rings (SSSR count). The van der Waals surface area contributed by atoms with Crippen molar-refractivity contribution in [2.75, 3.05) is 0 Å². The lowest BCUT2D eigenvalue weighted by molar-refractivity contribution is 0.669. The van der Waals surface area contributed by atoms with Gasteiger partial charge in [0.25, 0.3) is 0 Å². The lowest BCUT2D eigenvalue weighted by atomic mass is 9.99. The lowest BCUT2D eigenvalue weighted by Gasteiger charge is -2.11. The molecule has 10 aromatic rings. The Morgan fingerprint density at radius 2 is 0.740 bits per heavy atom. The Hall–Kier alpha value is -6.78. The van der Waals surface area contributed by atoms with Crippen LogP contribution in [0.25, 0.3) is 100 Å². The maximum Gasteiger partial charge on any atom is 0.160 e. The molecule has 0 saturated carbocycles. The molecule has 7 aromatic carbocycles. The molecule has 234 valence electrons. The van der Waals surface area contributed by atoms with Gasteiger partial charge in [0.15, 0.2) is 5.82 Å². The van der Waals surface area contributed by atoms with Crippen molar-refractivity contribution < 1.29 is 8.83 Å². The van der Waals surface area contributed by atoms with Gasteiger partial charge in [0.2, 0.25) is 0 Å². The van der Waals surface area contributed by atoms with E-state index >= 15 is 0 Å². The fourth-order valence-corrected chi connectivity index (χ4v) is 7.05. The average molecular weight is 641 g/mol. The van der Waals surface area contributed by atoms with E-state index in [1.54, 1.807) is 0 Å². The van der Waals surface area contributed by atoms with Gasteiger partial charge in [-0.05, 0) is 29.3 Å². The zero-order chi connectivity index (χ0) is 33.0. The van der Waals surface area contributed by atoms with Crippen LogP contribution in [0.4, 0.5) is 0 Å². The summed E-state index contributed by atoms with van der Waals surface area (Å²) in [6.45, 7) is 0. The summed E-state index contributed by atoms with van der Waals surface area (Å²) in [5, 5.41) is 4.50. The molecule has 4 heteroatoms. The molecule has 0 aliphatic carbocycles. The lowest BCUT2D eigenvalue weighted by Crippen LogP contribution is -1.96. The third-order valence-corrected chi connectivity index (χ3v) is 9.55. The number of benzene rings is 7. The number of furan rings is 2. The Morgan fingerprint density at radius 3 is 1.24 bits per heavy atom. The van der Waals surface area contributed by atoms with Gasteiger partial charge in [-0.1, -0.05) is 152 Å². The monoisotopic (exact) mass is 640 g/mol. The van der Waals surface area contributed by atoms with Crippen molar-refractivity contribution in [3.8, 4) is 56.2 Å². The van der Waals surface area contributed by atoms with Gasteiger partial charge in [-0.25, -0.2) is 9.97 Å². The molecule has 0 aliphatic rings. The number of nitrogens with zero attached hydrogens (tertiary/aromatic N) is 2. The second kappa shape index (κ2) is 11.4. The maximum absolute atomic E-state index is 6.33. The van der Waals surface area contributed by atoms with E-state index in [9.17, 15) is 0 Å². The van der Waals surface area contributed by atoms with Crippen LogP contribution >= 0.6 is 0 Å². The smallest absolute Gasteiger partial charge is 0.160 e. The summed E-state index contributed by atoms with van der Waals surface area (Å²) in [7, 11) is 0. The summed E-state index contributed by atoms with van der Waals surface area (Å²) in [5.41, 5.74) is 12.6. The fourth-order valence-electron chi connectivity index (χ4n) is 7.05. The first-order valence-corrected chi connectivity index (χ1v) is 16.7. The normalized spacial score (nSPS) is 11.6. The first kappa shape index (κ1) is 28.3. The van der Waals surface area contributed by atoms with Gasteiger partial charge in [-0.15, -0.1) is 0 Å². The van der Waals surface area contributed by atoms with Crippen molar-refractivity contribution in [1.29, 1.82) is 0 Å². The molecule has 0 fully saturated rings. The van der Waals surface area contributed by atoms with E-state index in [1.807, 2.05) is 42.5 Å². The van der Waals surface area contributed by atoms with Crippen LogP contribution in [0, 0.1) is 0 Å². The molecule has 3 heterocycles. The Kier molecular flexibility index (Phi) is 6.46. The van der Waals surface area contributed by atoms with E-state index in [4.69, 9.17) is 18.8 Å². The van der Waals surface area contributed by atoms with E-state index in [2.05, 4.69) is 127 Å². The molecular weight excluding hydrogens is 613 g/mol. The van der Waals surface area contributed by atoms with Gasteiger partial charge in [-0.3, -0.25) is 0 Å². The van der Waals surface area contributed by atoms with Crippen molar-refractivity contribution >= 4 is 43.9 Å². The second-order valence-electron chi connectivity index (χ2n) is 12.5. The van der Waals surface area contributed by atoms with Gasteiger partial charge in [0.05, 0.1) is 11.4 Å². The minimum atomic E-state index is 0.685. The Morgan fingerprint density at radius 1 is 0.320 bits per heavy atom. The van der Waals surface area contributed by atoms with E-state index in [-0.39, 0.29) is 0 Å². The molecule has 0 saturated heterocycles. The standard InChI is InChI=1S/C46H28N2O2/c1-2-10-33(11-3-1)46-47-40(31-24-20-29(21-25-31)34-14-8-16-38-36-12-4-6-18-42(36)49-44(34)38)28-41(48-46)32-26-22-30(23-27-32)35-15-9-17-39-37-13-5-7-19-43(37)50-45(35)39/h1-28H. The number of para-hydroxylation sites is 4. The van der Waals surface area contributed by atoms with E-state index in [0.29, 0.717) is 5.82 Å². The minimum absolute atomic E-state index is 0.685. The molecule has 0 bridgehead atoms. The molecule has 4 nitrogen and oxygen atoms in total. The minimum Gasteiger partial charge on any atom is -0.455 e. The highest BCUT2D eigenvalue weighted by Gasteiger charge is 2.15. The van der Waals surface area contributed by atoms with Gasteiger partial charge in [0, 0.05) is 49.4 Å². The van der Waals surface area contributed by atoms with E-state index < -0.39 is 0 Å². The van der Waals surface area contributed by atoms with E-state index in [0.717, 1.165) is 94.2 Å².